The lowest BCUT2D eigenvalue weighted by molar-refractivity contribution is -0.134. The second-order valence-corrected chi connectivity index (χ2v) is 11.0. The van der Waals surface area contributed by atoms with Gasteiger partial charge in [-0.2, -0.15) is 13.2 Å². The Bertz CT molecular complexity index is 1650. The molecular weight excluding hydrogens is 563 g/mol. The fourth-order valence-electron chi connectivity index (χ4n) is 6.15. The molecule has 3 aromatic rings. The van der Waals surface area contributed by atoms with Crippen LogP contribution < -0.4 is 9.64 Å². The number of thiocarbonyl (C=S) groups is 1. The summed E-state index contributed by atoms with van der Waals surface area (Å²) in [4.78, 5) is 32.6. The van der Waals surface area contributed by atoms with Gasteiger partial charge in [0.2, 0.25) is 0 Å². The van der Waals surface area contributed by atoms with Crippen LogP contribution in [0, 0.1) is 0 Å². The second-order valence-electron chi connectivity index (χ2n) is 10.7. The molecule has 0 saturated carbocycles. The third kappa shape index (κ3) is 4.28. The monoisotopic (exact) mass is 587 g/mol. The number of ether oxygens (including phenoxy) is 1. The highest BCUT2D eigenvalue weighted by atomic mass is 32.1. The molecule has 0 N–H and O–H groups in total. The van der Waals surface area contributed by atoms with E-state index in [0.717, 1.165) is 35.0 Å². The first-order valence-corrected chi connectivity index (χ1v) is 14.0. The number of benzene rings is 3. The van der Waals surface area contributed by atoms with Crippen molar-refractivity contribution in [2.75, 3.05) is 18.0 Å². The molecule has 7 rings (SSSR count). The topological polar surface area (TPSA) is 53.1 Å². The molecule has 1 saturated heterocycles. The Morgan fingerprint density at radius 2 is 1.40 bits per heavy atom. The molecule has 0 radical (unpaired) electrons. The summed E-state index contributed by atoms with van der Waals surface area (Å²) in [7, 11) is 0. The van der Waals surface area contributed by atoms with Gasteiger partial charge in [0, 0.05) is 29.9 Å². The fourth-order valence-corrected chi connectivity index (χ4v) is 6.45. The van der Waals surface area contributed by atoms with Crippen molar-refractivity contribution in [1.29, 1.82) is 0 Å². The van der Waals surface area contributed by atoms with E-state index in [1.54, 1.807) is 6.07 Å². The summed E-state index contributed by atoms with van der Waals surface area (Å²) in [5.74, 6) is -1.95. The summed E-state index contributed by atoms with van der Waals surface area (Å²) >= 11 is 5.65. The largest absolute Gasteiger partial charge is 0.455 e. The molecule has 4 aliphatic heterocycles. The van der Waals surface area contributed by atoms with Gasteiger partial charge >= 0.3 is 6.18 Å². The van der Waals surface area contributed by atoms with Crippen LogP contribution in [0.2, 0.25) is 0 Å². The molecule has 4 aliphatic rings. The average molecular weight is 588 g/mol. The van der Waals surface area contributed by atoms with Crippen LogP contribution in [0.5, 0.6) is 5.75 Å². The van der Waals surface area contributed by atoms with Crippen LogP contribution in [0.4, 0.5) is 18.9 Å². The molecule has 0 atom stereocenters. The van der Waals surface area contributed by atoms with Crippen molar-refractivity contribution in [2.45, 2.75) is 32.1 Å². The highest BCUT2D eigenvalue weighted by molar-refractivity contribution is 7.80. The SMILES string of the molecule is O=C1C(=C2C=C(C(F)(F)F)c3cc4c5c(c3O2)CCN5CC4)C(=O)N(Cc2ccccc2)C(=S)N1Cc1ccccc1. The van der Waals surface area contributed by atoms with Gasteiger partial charge in [0.15, 0.2) is 5.11 Å². The number of alkyl halides is 3. The zero-order chi connectivity index (χ0) is 29.2. The molecule has 42 heavy (non-hydrogen) atoms. The molecule has 0 spiro atoms. The van der Waals surface area contributed by atoms with Crippen molar-refractivity contribution >= 4 is 40.4 Å². The van der Waals surface area contributed by atoms with E-state index in [1.807, 2.05) is 60.7 Å². The van der Waals surface area contributed by atoms with Crippen LogP contribution in [0.15, 0.2) is 84.1 Å². The van der Waals surface area contributed by atoms with Crippen molar-refractivity contribution in [1.82, 2.24) is 9.80 Å². The molecule has 2 amide bonds. The summed E-state index contributed by atoms with van der Waals surface area (Å²) in [6, 6.07) is 19.7. The summed E-state index contributed by atoms with van der Waals surface area (Å²) in [5.41, 5.74) is 2.46. The minimum atomic E-state index is -4.74. The summed E-state index contributed by atoms with van der Waals surface area (Å²) in [6.45, 7) is 1.49. The number of halogens is 3. The molecule has 1 fully saturated rings. The number of hydrogen-bond donors (Lipinski definition) is 0. The van der Waals surface area contributed by atoms with Gasteiger partial charge in [0.1, 0.15) is 17.1 Å². The van der Waals surface area contributed by atoms with Gasteiger partial charge in [-0.15, -0.1) is 0 Å². The van der Waals surface area contributed by atoms with E-state index in [2.05, 4.69) is 4.90 Å². The molecule has 3 aromatic carbocycles. The van der Waals surface area contributed by atoms with Gasteiger partial charge in [0.25, 0.3) is 11.8 Å². The maximum atomic E-state index is 14.6. The standard InChI is InChI=1S/C32H24F3N3O3S/c33-32(34,35)24-16-25(41-28-22-12-14-36-13-11-21(27(22)36)15-23(24)28)26-29(39)37(17-19-7-3-1-4-8-19)31(42)38(30(26)40)18-20-9-5-2-6-10-20/h1-10,15-16H,11-14,17-18H2. The first-order valence-electron chi connectivity index (χ1n) is 13.6. The number of hydrogen-bond acceptors (Lipinski definition) is 5. The van der Waals surface area contributed by atoms with Crippen LogP contribution in [0.25, 0.3) is 5.57 Å². The van der Waals surface area contributed by atoms with E-state index in [9.17, 15) is 22.8 Å². The fraction of sp³-hybridized carbons (Fsp3) is 0.219. The second kappa shape index (κ2) is 9.84. The van der Waals surface area contributed by atoms with Gasteiger partial charge < -0.3 is 9.64 Å². The van der Waals surface area contributed by atoms with E-state index >= 15 is 0 Å². The quantitative estimate of drug-likeness (QED) is 0.228. The highest BCUT2D eigenvalue weighted by Crippen LogP contribution is 2.51. The summed E-state index contributed by atoms with van der Waals surface area (Å²) in [5, 5.41) is -0.0228. The van der Waals surface area contributed by atoms with Gasteiger partial charge in [-0.1, -0.05) is 60.7 Å². The van der Waals surface area contributed by atoms with Gasteiger partial charge in [-0.25, -0.2) is 0 Å². The zero-order valence-corrected chi connectivity index (χ0v) is 23.1. The lowest BCUT2D eigenvalue weighted by atomic mass is 9.92. The number of amides is 2. The maximum absolute atomic E-state index is 14.6. The summed E-state index contributed by atoms with van der Waals surface area (Å²) < 4.78 is 49.9. The number of allylic oxidation sites excluding steroid dienone is 2. The number of anilines is 1. The molecule has 4 heterocycles. The third-order valence-corrected chi connectivity index (χ3v) is 8.54. The molecule has 0 aliphatic carbocycles. The minimum Gasteiger partial charge on any atom is -0.455 e. The van der Waals surface area contributed by atoms with Gasteiger partial charge in [0.05, 0.1) is 18.7 Å². The number of rotatable bonds is 4. The van der Waals surface area contributed by atoms with E-state index in [4.69, 9.17) is 17.0 Å². The molecule has 0 bridgehead atoms. The maximum Gasteiger partial charge on any atom is 0.417 e. The van der Waals surface area contributed by atoms with Crippen LogP contribution in [0.1, 0.15) is 27.8 Å². The molecule has 212 valence electrons. The van der Waals surface area contributed by atoms with E-state index < -0.39 is 34.9 Å². The molecular formula is C32H24F3N3O3S. The first kappa shape index (κ1) is 26.5. The van der Waals surface area contributed by atoms with Crippen molar-refractivity contribution in [2.24, 2.45) is 0 Å². The number of carbonyl (C=O) groups is 2. The van der Waals surface area contributed by atoms with E-state index in [0.29, 0.717) is 24.9 Å². The Kier molecular flexibility index (Phi) is 6.20. The van der Waals surface area contributed by atoms with Gasteiger partial charge in [-0.3, -0.25) is 19.4 Å². The van der Waals surface area contributed by atoms with Crippen LogP contribution in [-0.4, -0.2) is 46.0 Å². The first-order chi connectivity index (χ1) is 20.2. The van der Waals surface area contributed by atoms with E-state index in [-0.39, 0.29) is 29.5 Å². The van der Waals surface area contributed by atoms with Crippen molar-refractivity contribution in [3.05, 3.63) is 112 Å². The Hall–Kier alpha value is -4.44. The zero-order valence-electron chi connectivity index (χ0n) is 22.3. The Morgan fingerprint density at radius 1 is 0.833 bits per heavy atom. The van der Waals surface area contributed by atoms with Crippen molar-refractivity contribution in [3.8, 4) is 5.75 Å². The lowest BCUT2D eigenvalue weighted by Gasteiger charge is -2.37. The summed E-state index contributed by atoms with van der Waals surface area (Å²) in [6.07, 6.45) is -2.77. The lowest BCUT2D eigenvalue weighted by Crippen LogP contribution is -2.56. The molecule has 6 nitrogen and oxygen atoms in total. The number of carbonyl (C=O) groups excluding carboxylic acids is 2. The third-order valence-electron chi connectivity index (χ3n) is 8.10. The molecule has 10 heteroatoms. The van der Waals surface area contributed by atoms with Crippen molar-refractivity contribution in [3.63, 3.8) is 0 Å². The van der Waals surface area contributed by atoms with Crippen LogP contribution in [0.3, 0.4) is 0 Å². The minimum absolute atomic E-state index is 0.0228. The van der Waals surface area contributed by atoms with Crippen LogP contribution >= 0.6 is 12.2 Å². The van der Waals surface area contributed by atoms with E-state index in [1.165, 1.54) is 9.80 Å². The molecule has 0 aromatic heterocycles. The van der Waals surface area contributed by atoms with Crippen LogP contribution in [-0.2, 0) is 35.5 Å². The predicted octanol–water partition coefficient (Wildman–Crippen LogP) is 5.55. The Labute approximate surface area is 245 Å². The predicted molar refractivity (Wildman–Crippen MR) is 154 cm³/mol. The number of nitrogens with zero attached hydrogens (tertiary/aromatic N) is 3. The molecule has 0 unspecified atom stereocenters. The highest BCUT2D eigenvalue weighted by Gasteiger charge is 2.46. The normalized spacial score (nSPS) is 17.9. The van der Waals surface area contributed by atoms with Crippen molar-refractivity contribution < 1.29 is 27.5 Å². The Morgan fingerprint density at radius 3 is 1.98 bits per heavy atom. The smallest absolute Gasteiger partial charge is 0.417 e. The van der Waals surface area contributed by atoms with Gasteiger partial charge in [-0.05, 0) is 53.9 Å². The Balaban J connectivity index is 1.39. The average Bonchev–Trinajstić information content (AvgIpc) is 3.60. The number of fused-ring (bicyclic) bond motifs is 2.